The highest BCUT2D eigenvalue weighted by Crippen LogP contribution is 2.17. The van der Waals surface area contributed by atoms with Gasteiger partial charge in [0.15, 0.2) is 0 Å². The summed E-state index contributed by atoms with van der Waals surface area (Å²) in [6.07, 6.45) is 1.64. The van der Waals surface area contributed by atoms with E-state index in [2.05, 4.69) is 0 Å². The highest BCUT2D eigenvalue weighted by molar-refractivity contribution is 5.28. The lowest BCUT2D eigenvalue weighted by molar-refractivity contribution is 0.270. The van der Waals surface area contributed by atoms with Gasteiger partial charge < -0.3 is 14.9 Å². The standard InChI is InChI=1S/C13H15NO2/c1-10(14)11-4-6-12(7-5-11)16-9-13-3-2-8-15-13/h2-8,10H,9,14H2,1H3. The van der Waals surface area contributed by atoms with Crippen LogP contribution in [0, 0.1) is 0 Å². The number of nitrogens with two attached hydrogens (primary N) is 1. The lowest BCUT2D eigenvalue weighted by Crippen LogP contribution is -2.04. The van der Waals surface area contributed by atoms with Gasteiger partial charge in [0, 0.05) is 6.04 Å². The molecule has 0 aliphatic heterocycles. The van der Waals surface area contributed by atoms with Gasteiger partial charge >= 0.3 is 0 Å². The number of ether oxygens (including phenoxy) is 1. The molecule has 0 aliphatic rings. The van der Waals surface area contributed by atoms with Gasteiger partial charge in [-0.3, -0.25) is 0 Å². The van der Waals surface area contributed by atoms with Crippen molar-refractivity contribution in [2.75, 3.05) is 0 Å². The number of rotatable bonds is 4. The molecule has 1 atom stereocenters. The maximum absolute atomic E-state index is 5.76. The maximum Gasteiger partial charge on any atom is 0.146 e. The highest BCUT2D eigenvalue weighted by Gasteiger charge is 2.00. The van der Waals surface area contributed by atoms with Crippen LogP contribution < -0.4 is 10.5 Å². The van der Waals surface area contributed by atoms with E-state index in [9.17, 15) is 0 Å². The third kappa shape index (κ3) is 2.64. The van der Waals surface area contributed by atoms with Crippen molar-refractivity contribution in [3.63, 3.8) is 0 Å². The first-order chi connectivity index (χ1) is 7.75. The summed E-state index contributed by atoms with van der Waals surface area (Å²) in [5.41, 5.74) is 6.86. The predicted molar refractivity (Wildman–Crippen MR) is 62.1 cm³/mol. The van der Waals surface area contributed by atoms with Gasteiger partial charge in [-0.15, -0.1) is 0 Å². The van der Waals surface area contributed by atoms with Gasteiger partial charge in [-0.25, -0.2) is 0 Å². The topological polar surface area (TPSA) is 48.4 Å². The molecule has 2 aromatic rings. The van der Waals surface area contributed by atoms with Crippen LogP contribution in [-0.4, -0.2) is 0 Å². The third-order valence-corrected chi connectivity index (χ3v) is 2.37. The molecule has 0 spiro atoms. The molecule has 0 aliphatic carbocycles. The molecular weight excluding hydrogens is 202 g/mol. The Bertz CT molecular complexity index is 418. The van der Waals surface area contributed by atoms with Crippen LogP contribution in [0.4, 0.5) is 0 Å². The van der Waals surface area contributed by atoms with E-state index in [1.54, 1.807) is 6.26 Å². The zero-order valence-electron chi connectivity index (χ0n) is 9.22. The number of hydrogen-bond acceptors (Lipinski definition) is 3. The lowest BCUT2D eigenvalue weighted by atomic mass is 10.1. The van der Waals surface area contributed by atoms with Gasteiger partial charge in [0.2, 0.25) is 0 Å². The van der Waals surface area contributed by atoms with E-state index >= 15 is 0 Å². The molecule has 2 rings (SSSR count). The first-order valence-corrected chi connectivity index (χ1v) is 5.26. The van der Waals surface area contributed by atoms with Gasteiger partial charge in [0.05, 0.1) is 6.26 Å². The molecular formula is C13H15NO2. The fourth-order valence-electron chi connectivity index (χ4n) is 1.42. The second kappa shape index (κ2) is 4.86. The molecule has 0 saturated carbocycles. The minimum atomic E-state index is 0.0547. The summed E-state index contributed by atoms with van der Waals surface area (Å²) in [6, 6.07) is 11.6. The SMILES string of the molecule is CC(N)c1ccc(OCc2ccco2)cc1. The van der Waals surface area contributed by atoms with Gasteiger partial charge in [0.1, 0.15) is 18.1 Å². The van der Waals surface area contributed by atoms with Crippen molar-refractivity contribution >= 4 is 0 Å². The quantitative estimate of drug-likeness (QED) is 0.856. The number of benzene rings is 1. The van der Waals surface area contributed by atoms with Crippen LogP contribution >= 0.6 is 0 Å². The third-order valence-electron chi connectivity index (χ3n) is 2.37. The molecule has 1 aromatic heterocycles. The summed E-state index contributed by atoms with van der Waals surface area (Å²) >= 11 is 0. The summed E-state index contributed by atoms with van der Waals surface area (Å²) in [4.78, 5) is 0. The van der Waals surface area contributed by atoms with Crippen molar-refractivity contribution in [3.8, 4) is 5.75 Å². The van der Waals surface area contributed by atoms with Gasteiger partial charge in [-0.1, -0.05) is 12.1 Å². The highest BCUT2D eigenvalue weighted by atomic mass is 16.5. The van der Waals surface area contributed by atoms with Crippen LogP contribution in [0.25, 0.3) is 0 Å². The van der Waals surface area contributed by atoms with E-state index in [0.29, 0.717) is 6.61 Å². The van der Waals surface area contributed by atoms with Gasteiger partial charge in [-0.05, 0) is 36.8 Å². The van der Waals surface area contributed by atoms with Crippen LogP contribution in [0.5, 0.6) is 5.75 Å². The van der Waals surface area contributed by atoms with Gasteiger partial charge in [-0.2, -0.15) is 0 Å². The molecule has 1 heterocycles. The van der Waals surface area contributed by atoms with Crippen LogP contribution in [0.3, 0.4) is 0 Å². The molecule has 16 heavy (non-hydrogen) atoms. The maximum atomic E-state index is 5.76. The molecule has 0 amide bonds. The molecule has 0 bridgehead atoms. The van der Waals surface area contributed by atoms with Crippen molar-refractivity contribution in [1.82, 2.24) is 0 Å². The number of hydrogen-bond donors (Lipinski definition) is 1. The molecule has 0 saturated heterocycles. The second-order valence-corrected chi connectivity index (χ2v) is 3.73. The first-order valence-electron chi connectivity index (χ1n) is 5.26. The second-order valence-electron chi connectivity index (χ2n) is 3.73. The van der Waals surface area contributed by atoms with Crippen LogP contribution in [-0.2, 0) is 6.61 Å². The summed E-state index contributed by atoms with van der Waals surface area (Å²) in [7, 11) is 0. The zero-order valence-corrected chi connectivity index (χ0v) is 9.22. The summed E-state index contributed by atoms with van der Waals surface area (Å²) in [5.74, 6) is 1.64. The lowest BCUT2D eigenvalue weighted by Gasteiger charge is -2.07. The number of furan rings is 1. The Hall–Kier alpha value is -1.74. The zero-order chi connectivity index (χ0) is 11.4. The molecule has 3 nitrogen and oxygen atoms in total. The first kappa shape index (κ1) is 10.8. The van der Waals surface area contributed by atoms with Crippen molar-refractivity contribution in [3.05, 3.63) is 54.0 Å². The summed E-state index contributed by atoms with van der Waals surface area (Å²) in [5, 5.41) is 0. The van der Waals surface area contributed by atoms with Crippen molar-refractivity contribution in [1.29, 1.82) is 0 Å². The Kier molecular flexibility index (Phi) is 3.27. The molecule has 2 N–H and O–H groups in total. The molecule has 0 fully saturated rings. The minimum absolute atomic E-state index is 0.0547. The Morgan fingerprint density at radius 2 is 2.00 bits per heavy atom. The smallest absolute Gasteiger partial charge is 0.146 e. The summed E-state index contributed by atoms with van der Waals surface area (Å²) in [6.45, 7) is 2.41. The van der Waals surface area contributed by atoms with Crippen molar-refractivity contribution < 1.29 is 9.15 Å². The van der Waals surface area contributed by atoms with E-state index in [0.717, 1.165) is 17.1 Å². The van der Waals surface area contributed by atoms with Crippen molar-refractivity contribution in [2.24, 2.45) is 5.73 Å². The fourth-order valence-corrected chi connectivity index (χ4v) is 1.42. The van der Waals surface area contributed by atoms with E-state index in [1.165, 1.54) is 0 Å². The Morgan fingerprint density at radius 1 is 1.25 bits per heavy atom. The molecule has 84 valence electrons. The average molecular weight is 217 g/mol. The molecule has 3 heteroatoms. The Balaban J connectivity index is 1.95. The average Bonchev–Trinajstić information content (AvgIpc) is 2.80. The minimum Gasteiger partial charge on any atom is -0.486 e. The Labute approximate surface area is 94.8 Å². The molecule has 1 aromatic carbocycles. The van der Waals surface area contributed by atoms with Gasteiger partial charge in [0.25, 0.3) is 0 Å². The van der Waals surface area contributed by atoms with Crippen LogP contribution in [0.15, 0.2) is 47.1 Å². The van der Waals surface area contributed by atoms with E-state index in [-0.39, 0.29) is 6.04 Å². The monoisotopic (exact) mass is 217 g/mol. The summed E-state index contributed by atoms with van der Waals surface area (Å²) < 4.78 is 10.7. The van der Waals surface area contributed by atoms with Crippen molar-refractivity contribution in [2.45, 2.75) is 19.6 Å². The largest absolute Gasteiger partial charge is 0.486 e. The van der Waals surface area contributed by atoms with E-state index in [4.69, 9.17) is 14.9 Å². The van der Waals surface area contributed by atoms with Crippen LogP contribution in [0.2, 0.25) is 0 Å². The fraction of sp³-hybridized carbons (Fsp3) is 0.231. The molecule has 1 unspecified atom stereocenters. The van der Waals surface area contributed by atoms with E-state index < -0.39 is 0 Å². The molecule has 0 radical (unpaired) electrons. The predicted octanol–water partition coefficient (Wildman–Crippen LogP) is 2.88. The van der Waals surface area contributed by atoms with E-state index in [1.807, 2.05) is 43.3 Å². The Morgan fingerprint density at radius 3 is 2.56 bits per heavy atom. The van der Waals surface area contributed by atoms with Crippen LogP contribution in [0.1, 0.15) is 24.3 Å². The normalized spacial score (nSPS) is 12.4.